The summed E-state index contributed by atoms with van der Waals surface area (Å²) < 4.78 is 34.4. The lowest BCUT2D eigenvalue weighted by molar-refractivity contribution is -0.132. The van der Waals surface area contributed by atoms with Crippen LogP contribution in [0.5, 0.6) is 0 Å². The highest BCUT2D eigenvalue weighted by Gasteiger charge is 2.32. The molecule has 3 rings (SSSR count). The molecule has 0 radical (unpaired) electrons. The molecule has 0 aliphatic carbocycles. The first-order valence-electron chi connectivity index (χ1n) is 11.1. The number of rotatable bonds is 8. The first-order chi connectivity index (χ1) is 14.7. The SMILES string of the molecule is CCCN(CCC)C(=O)Cn1c(=O)oc2cc(S(=O)(=O)N3C[C@@H](C)C[C@H](C)C3)ccc21. The van der Waals surface area contributed by atoms with Crippen LogP contribution in [0.2, 0.25) is 0 Å². The molecule has 8 nitrogen and oxygen atoms in total. The van der Waals surface area contributed by atoms with E-state index >= 15 is 0 Å². The number of carbonyl (C=O) groups is 1. The van der Waals surface area contributed by atoms with Gasteiger partial charge in [-0.2, -0.15) is 4.31 Å². The van der Waals surface area contributed by atoms with E-state index in [1.807, 2.05) is 13.8 Å². The third-order valence-electron chi connectivity index (χ3n) is 5.75. The van der Waals surface area contributed by atoms with Crippen molar-refractivity contribution in [2.75, 3.05) is 26.2 Å². The zero-order chi connectivity index (χ0) is 22.8. The molecule has 1 saturated heterocycles. The van der Waals surface area contributed by atoms with E-state index < -0.39 is 15.8 Å². The van der Waals surface area contributed by atoms with Crippen molar-refractivity contribution < 1.29 is 17.6 Å². The van der Waals surface area contributed by atoms with Crippen LogP contribution in [-0.2, 0) is 21.4 Å². The number of piperidine rings is 1. The maximum Gasteiger partial charge on any atom is 0.420 e. The largest absolute Gasteiger partial charge is 0.420 e. The molecule has 0 bridgehead atoms. The van der Waals surface area contributed by atoms with Crippen molar-refractivity contribution in [3.05, 3.63) is 28.7 Å². The molecule has 2 atom stereocenters. The molecule has 1 aliphatic heterocycles. The van der Waals surface area contributed by atoms with Gasteiger partial charge in [-0.05, 0) is 43.2 Å². The van der Waals surface area contributed by atoms with E-state index in [2.05, 4.69) is 13.8 Å². The highest BCUT2D eigenvalue weighted by atomic mass is 32.2. The minimum atomic E-state index is -3.69. The molecule has 9 heteroatoms. The number of fused-ring (bicyclic) bond motifs is 1. The molecular formula is C22H33N3O5S. The van der Waals surface area contributed by atoms with E-state index in [1.54, 1.807) is 11.0 Å². The molecule has 0 unspecified atom stereocenters. The zero-order valence-corrected chi connectivity index (χ0v) is 19.7. The summed E-state index contributed by atoms with van der Waals surface area (Å²) in [6, 6.07) is 4.45. The molecule has 1 aromatic heterocycles. The van der Waals surface area contributed by atoms with Crippen LogP contribution in [0.15, 0.2) is 32.3 Å². The standard InChI is InChI=1S/C22H33N3O5S/c1-5-9-23(10-6-2)21(26)15-25-19-8-7-18(12-20(19)30-22(25)27)31(28,29)24-13-16(3)11-17(4)14-24/h7-8,12,16-17H,5-6,9-11,13-15H2,1-4H3/t16-,17-/m0/s1. The Bertz CT molecular complexity index is 1070. The predicted molar refractivity (Wildman–Crippen MR) is 119 cm³/mol. The van der Waals surface area contributed by atoms with Gasteiger partial charge >= 0.3 is 5.76 Å². The minimum Gasteiger partial charge on any atom is -0.408 e. The summed E-state index contributed by atoms with van der Waals surface area (Å²) in [5, 5.41) is 0. The summed E-state index contributed by atoms with van der Waals surface area (Å²) in [6.07, 6.45) is 2.67. The number of benzene rings is 1. The maximum absolute atomic E-state index is 13.2. The summed E-state index contributed by atoms with van der Waals surface area (Å²) in [5.74, 6) is -0.226. The lowest BCUT2D eigenvalue weighted by atomic mass is 9.94. The Morgan fingerprint density at radius 1 is 1.13 bits per heavy atom. The van der Waals surface area contributed by atoms with Crippen molar-refractivity contribution in [3.8, 4) is 0 Å². The van der Waals surface area contributed by atoms with Gasteiger partial charge in [0.25, 0.3) is 0 Å². The van der Waals surface area contributed by atoms with Gasteiger partial charge in [-0.15, -0.1) is 0 Å². The van der Waals surface area contributed by atoms with Gasteiger partial charge in [0.1, 0.15) is 6.54 Å². The van der Waals surface area contributed by atoms with Gasteiger partial charge in [0.2, 0.25) is 15.9 Å². The number of hydrogen-bond donors (Lipinski definition) is 0. The van der Waals surface area contributed by atoms with Gasteiger partial charge in [0.15, 0.2) is 5.58 Å². The van der Waals surface area contributed by atoms with Gasteiger partial charge < -0.3 is 9.32 Å². The van der Waals surface area contributed by atoms with Crippen molar-refractivity contribution in [2.45, 2.75) is 58.4 Å². The van der Waals surface area contributed by atoms with Crippen LogP contribution in [0.1, 0.15) is 47.0 Å². The number of amides is 1. The Labute approximate surface area is 183 Å². The molecule has 1 aliphatic rings. The number of carbonyl (C=O) groups excluding carboxylic acids is 1. The summed E-state index contributed by atoms with van der Waals surface area (Å²) in [5.41, 5.74) is 0.597. The van der Waals surface area contributed by atoms with Crippen LogP contribution in [0.3, 0.4) is 0 Å². The average Bonchev–Trinajstić information content (AvgIpc) is 3.01. The Kier molecular flexibility index (Phi) is 7.26. The normalized spacial score (nSPS) is 20.3. The number of oxazole rings is 1. The number of hydrogen-bond acceptors (Lipinski definition) is 5. The first kappa shape index (κ1) is 23.5. The number of nitrogens with zero attached hydrogens (tertiary/aromatic N) is 3. The second kappa shape index (κ2) is 9.56. The lowest BCUT2D eigenvalue weighted by Gasteiger charge is -2.34. The van der Waals surface area contributed by atoms with E-state index in [0.29, 0.717) is 43.5 Å². The van der Waals surface area contributed by atoms with Crippen LogP contribution in [0.25, 0.3) is 11.1 Å². The Morgan fingerprint density at radius 2 is 1.74 bits per heavy atom. The summed E-state index contributed by atoms with van der Waals surface area (Å²) in [6.45, 7) is 10.2. The molecule has 1 aromatic carbocycles. The van der Waals surface area contributed by atoms with Crippen molar-refractivity contribution in [1.82, 2.24) is 13.8 Å². The van der Waals surface area contributed by atoms with E-state index in [1.165, 1.54) is 21.0 Å². The number of aromatic nitrogens is 1. The smallest absolute Gasteiger partial charge is 0.408 e. The van der Waals surface area contributed by atoms with E-state index in [9.17, 15) is 18.0 Å². The van der Waals surface area contributed by atoms with Crippen LogP contribution in [0.4, 0.5) is 0 Å². The maximum atomic E-state index is 13.2. The quantitative estimate of drug-likeness (QED) is 0.615. The van der Waals surface area contributed by atoms with E-state index in [-0.39, 0.29) is 22.9 Å². The fourth-order valence-electron chi connectivity index (χ4n) is 4.44. The van der Waals surface area contributed by atoms with Crippen LogP contribution >= 0.6 is 0 Å². The summed E-state index contributed by atoms with van der Waals surface area (Å²) in [7, 11) is -3.69. The zero-order valence-electron chi connectivity index (χ0n) is 18.8. The average molecular weight is 452 g/mol. The molecule has 2 aromatic rings. The molecule has 1 fully saturated rings. The molecule has 0 N–H and O–H groups in total. The van der Waals surface area contributed by atoms with Gasteiger partial charge in [0, 0.05) is 32.2 Å². The summed E-state index contributed by atoms with van der Waals surface area (Å²) >= 11 is 0. The van der Waals surface area contributed by atoms with Gasteiger partial charge in [-0.3, -0.25) is 9.36 Å². The molecule has 172 valence electrons. The van der Waals surface area contributed by atoms with Crippen molar-refractivity contribution in [3.63, 3.8) is 0 Å². The molecule has 0 spiro atoms. The Hall–Kier alpha value is -2.13. The lowest BCUT2D eigenvalue weighted by Crippen LogP contribution is -2.42. The minimum absolute atomic E-state index is 0.104. The van der Waals surface area contributed by atoms with Gasteiger partial charge in [-0.1, -0.05) is 27.7 Å². The topological polar surface area (TPSA) is 92.8 Å². The highest BCUT2D eigenvalue weighted by Crippen LogP contribution is 2.28. The third kappa shape index (κ3) is 5.03. The van der Waals surface area contributed by atoms with Gasteiger partial charge in [0.05, 0.1) is 10.4 Å². The Morgan fingerprint density at radius 3 is 2.32 bits per heavy atom. The van der Waals surface area contributed by atoms with Gasteiger partial charge in [-0.25, -0.2) is 13.2 Å². The Balaban J connectivity index is 1.90. The molecule has 1 amide bonds. The van der Waals surface area contributed by atoms with E-state index in [0.717, 1.165) is 19.3 Å². The predicted octanol–water partition coefficient (Wildman–Crippen LogP) is 2.91. The number of sulfonamides is 1. The van der Waals surface area contributed by atoms with Crippen LogP contribution < -0.4 is 5.76 Å². The molecule has 0 saturated carbocycles. The second-order valence-electron chi connectivity index (χ2n) is 8.73. The van der Waals surface area contributed by atoms with Crippen LogP contribution in [0, 0.1) is 11.8 Å². The van der Waals surface area contributed by atoms with Crippen molar-refractivity contribution >= 4 is 27.0 Å². The first-order valence-corrected chi connectivity index (χ1v) is 12.5. The van der Waals surface area contributed by atoms with Crippen molar-refractivity contribution in [1.29, 1.82) is 0 Å². The molecule has 31 heavy (non-hydrogen) atoms. The van der Waals surface area contributed by atoms with E-state index in [4.69, 9.17) is 4.42 Å². The molecular weight excluding hydrogens is 418 g/mol. The third-order valence-corrected chi connectivity index (χ3v) is 7.57. The highest BCUT2D eigenvalue weighted by molar-refractivity contribution is 7.89. The second-order valence-corrected chi connectivity index (χ2v) is 10.7. The monoisotopic (exact) mass is 451 g/mol. The van der Waals surface area contributed by atoms with Crippen molar-refractivity contribution in [2.24, 2.45) is 11.8 Å². The fraction of sp³-hybridized carbons (Fsp3) is 0.636. The summed E-state index contributed by atoms with van der Waals surface area (Å²) in [4.78, 5) is 27.0. The van der Waals surface area contributed by atoms with Crippen LogP contribution in [-0.4, -0.2) is 54.3 Å². The fourth-order valence-corrected chi connectivity index (χ4v) is 6.14. The molecule has 2 heterocycles.